The van der Waals surface area contributed by atoms with Gasteiger partial charge in [0, 0.05) is 19.0 Å². The molecule has 0 bridgehead atoms. The van der Waals surface area contributed by atoms with Crippen LogP contribution in [0.3, 0.4) is 0 Å². The van der Waals surface area contributed by atoms with E-state index in [0.29, 0.717) is 29.8 Å². The molecule has 2 fully saturated rings. The van der Waals surface area contributed by atoms with Gasteiger partial charge in [0.2, 0.25) is 10.0 Å². The fourth-order valence-electron chi connectivity index (χ4n) is 3.53. The van der Waals surface area contributed by atoms with Crippen LogP contribution in [0.1, 0.15) is 30.4 Å². The standard InChI is InChI=1S/C16H20N4O2S/c1-11-17-16(19-18-11)15-10-20(9-14(15)12-7-8-12)23(21,22)13-5-3-2-4-6-13/h2-6,12,14-15H,7-10H2,1H3,(H,17,18,19)/t14-,15+/m0/s1. The fraction of sp³-hybridized carbons (Fsp3) is 0.500. The van der Waals surface area contributed by atoms with Crippen molar-refractivity contribution in [3.8, 4) is 0 Å². The lowest BCUT2D eigenvalue weighted by atomic mass is 9.91. The highest BCUT2D eigenvalue weighted by atomic mass is 32.2. The molecule has 1 aliphatic carbocycles. The van der Waals surface area contributed by atoms with Crippen molar-refractivity contribution in [1.29, 1.82) is 0 Å². The minimum atomic E-state index is -3.44. The summed E-state index contributed by atoms with van der Waals surface area (Å²) in [6, 6.07) is 8.67. The molecule has 4 rings (SSSR count). The van der Waals surface area contributed by atoms with Gasteiger partial charge in [-0.1, -0.05) is 18.2 Å². The number of hydrogen-bond donors (Lipinski definition) is 1. The number of rotatable bonds is 4. The van der Waals surface area contributed by atoms with Crippen LogP contribution in [-0.4, -0.2) is 41.0 Å². The summed E-state index contributed by atoms with van der Waals surface area (Å²) in [4.78, 5) is 4.82. The Morgan fingerprint density at radius 1 is 1.17 bits per heavy atom. The van der Waals surface area contributed by atoms with Gasteiger partial charge in [-0.2, -0.15) is 9.40 Å². The molecule has 6 nitrogen and oxygen atoms in total. The van der Waals surface area contributed by atoms with Gasteiger partial charge in [0.05, 0.1) is 4.90 Å². The summed E-state index contributed by atoms with van der Waals surface area (Å²) in [7, 11) is -3.44. The summed E-state index contributed by atoms with van der Waals surface area (Å²) in [5, 5.41) is 7.17. The van der Waals surface area contributed by atoms with Gasteiger partial charge in [-0.25, -0.2) is 13.4 Å². The van der Waals surface area contributed by atoms with Crippen molar-refractivity contribution in [2.24, 2.45) is 11.8 Å². The highest BCUT2D eigenvalue weighted by Crippen LogP contribution is 2.47. The Hall–Kier alpha value is -1.73. The molecular formula is C16H20N4O2S. The zero-order valence-corrected chi connectivity index (χ0v) is 13.8. The maximum Gasteiger partial charge on any atom is 0.243 e. The van der Waals surface area contributed by atoms with Crippen LogP contribution in [0.2, 0.25) is 0 Å². The largest absolute Gasteiger partial charge is 0.263 e. The Morgan fingerprint density at radius 3 is 2.52 bits per heavy atom. The Morgan fingerprint density at radius 2 is 1.91 bits per heavy atom. The first kappa shape index (κ1) is 14.8. The molecule has 1 saturated heterocycles. The maximum absolute atomic E-state index is 12.9. The second kappa shape index (κ2) is 5.42. The van der Waals surface area contributed by atoms with E-state index in [9.17, 15) is 8.42 Å². The van der Waals surface area contributed by atoms with Gasteiger partial charge in [-0.15, -0.1) is 0 Å². The van der Waals surface area contributed by atoms with Crippen LogP contribution in [0, 0.1) is 18.8 Å². The highest BCUT2D eigenvalue weighted by molar-refractivity contribution is 7.89. The smallest absolute Gasteiger partial charge is 0.243 e. The van der Waals surface area contributed by atoms with E-state index in [2.05, 4.69) is 15.2 Å². The van der Waals surface area contributed by atoms with E-state index in [-0.39, 0.29) is 5.92 Å². The summed E-state index contributed by atoms with van der Waals surface area (Å²) in [6.07, 6.45) is 2.37. The van der Waals surface area contributed by atoms with Crippen molar-refractivity contribution in [2.75, 3.05) is 13.1 Å². The lowest BCUT2D eigenvalue weighted by Crippen LogP contribution is -2.29. The quantitative estimate of drug-likeness (QED) is 0.928. The van der Waals surface area contributed by atoms with Crippen LogP contribution in [0.4, 0.5) is 0 Å². The molecule has 0 unspecified atom stereocenters. The van der Waals surface area contributed by atoms with Crippen molar-refractivity contribution in [3.63, 3.8) is 0 Å². The number of aromatic amines is 1. The summed E-state index contributed by atoms with van der Waals surface area (Å²) >= 11 is 0. The molecule has 1 aliphatic heterocycles. The summed E-state index contributed by atoms with van der Waals surface area (Å²) < 4.78 is 27.4. The number of H-pyrrole nitrogens is 1. The molecule has 2 heterocycles. The molecule has 0 amide bonds. The maximum atomic E-state index is 12.9. The van der Waals surface area contributed by atoms with Crippen molar-refractivity contribution >= 4 is 10.0 Å². The first-order valence-corrected chi connectivity index (χ1v) is 9.44. The summed E-state index contributed by atoms with van der Waals surface area (Å²) in [6.45, 7) is 2.91. The van der Waals surface area contributed by atoms with E-state index >= 15 is 0 Å². The number of aromatic nitrogens is 3. The predicted octanol–water partition coefficient (Wildman–Crippen LogP) is 1.93. The molecule has 23 heavy (non-hydrogen) atoms. The van der Waals surface area contributed by atoms with Gasteiger partial charge in [-0.3, -0.25) is 5.10 Å². The Labute approximate surface area is 136 Å². The lowest BCUT2D eigenvalue weighted by Gasteiger charge is -2.16. The highest BCUT2D eigenvalue weighted by Gasteiger charge is 2.47. The van der Waals surface area contributed by atoms with Crippen LogP contribution >= 0.6 is 0 Å². The second-order valence-corrected chi connectivity index (χ2v) is 8.46. The molecular weight excluding hydrogens is 312 g/mol. The normalized spacial score (nSPS) is 25.8. The molecule has 2 aromatic rings. The van der Waals surface area contributed by atoms with Gasteiger partial charge in [0.25, 0.3) is 0 Å². The summed E-state index contributed by atoms with van der Waals surface area (Å²) in [5.74, 6) is 2.55. The molecule has 1 aromatic heterocycles. The minimum Gasteiger partial charge on any atom is -0.263 e. The first-order valence-electron chi connectivity index (χ1n) is 8.00. The van der Waals surface area contributed by atoms with Gasteiger partial charge >= 0.3 is 0 Å². The Kier molecular flexibility index (Phi) is 3.50. The van der Waals surface area contributed by atoms with Crippen LogP contribution < -0.4 is 0 Å². The van der Waals surface area contributed by atoms with Crippen molar-refractivity contribution in [2.45, 2.75) is 30.6 Å². The molecule has 122 valence electrons. The van der Waals surface area contributed by atoms with E-state index in [1.54, 1.807) is 28.6 Å². The Balaban J connectivity index is 1.64. The number of benzene rings is 1. The monoisotopic (exact) mass is 332 g/mol. The average Bonchev–Trinajstić information content (AvgIpc) is 3.14. The summed E-state index contributed by atoms with van der Waals surface area (Å²) in [5.41, 5.74) is 0. The molecule has 7 heteroatoms. The van der Waals surface area contributed by atoms with E-state index in [1.807, 2.05) is 13.0 Å². The number of sulfonamides is 1. The SMILES string of the molecule is Cc1nc([C@@H]2CN(S(=O)(=O)c3ccccc3)C[C@H]2C2CC2)n[nH]1. The van der Waals surface area contributed by atoms with Crippen LogP contribution in [0.25, 0.3) is 0 Å². The minimum absolute atomic E-state index is 0.0888. The number of nitrogens with zero attached hydrogens (tertiary/aromatic N) is 3. The van der Waals surface area contributed by atoms with Gasteiger partial charge in [0.1, 0.15) is 5.82 Å². The van der Waals surface area contributed by atoms with Crippen molar-refractivity contribution in [1.82, 2.24) is 19.5 Å². The zero-order chi connectivity index (χ0) is 16.0. The number of nitrogens with one attached hydrogen (secondary N) is 1. The average molecular weight is 332 g/mol. The predicted molar refractivity (Wildman–Crippen MR) is 85.3 cm³/mol. The van der Waals surface area contributed by atoms with E-state index in [4.69, 9.17) is 0 Å². The van der Waals surface area contributed by atoms with E-state index < -0.39 is 10.0 Å². The lowest BCUT2D eigenvalue weighted by molar-refractivity contribution is 0.423. The molecule has 2 atom stereocenters. The first-order chi connectivity index (χ1) is 11.1. The third-order valence-electron chi connectivity index (χ3n) is 4.89. The molecule has 2 aliphatic rings. The van der Waals surface area contributed by atoms with Crippen LogP contribution in [0.15, 0.2) is 35.2 Å². The van der Waals surface area contributed by atoms with E-state index in [0.717, 1.165) is 11.6 Å². The number of hydrogen-bond acceptors (Lipinski definition) is 4. The molecule has 0 radical (unpaired) electrons. The third kappa shape index (κ3) is 2.68. The van der Waals surface area contributed by atoms with Crippen LogP contribution in [-0.2, 0) is 10.0 Å². The molecule has 1 aromatic carbocycles. The Bertz CT molecular complexity index is 798. The third-order valence-corrected chi connectivity index (χ3v) is 6.73. The number of aryl methyl sites for hydroxylation is 1. The molecule has 1 N–H and O–H groups in total. The zero-order valence-electron chi connectivity index (χ0n) is 13.0. The van der Waals surface area contributed by atoms with Gasteiger partial charge in [0.15, 0.2) is 5.82 Å². The topological polar surface area (TPSA) is 79.0 Å². The van der Waals surface area contributed by atoms with Crippen molar-refractivity contribution < 1.29 is 8.42 Å². The van der Waals surface area contributed by atoms with Crippen LogP contribution in [0.5, 0.6) is 0 Å². The van der Waals surface area contributed by atoms with Crippen molar-refractivity contribution in [3.05, 3.63) is 42.0 Å². The second-order valence-electron chi connectivity index (χ2n) is 6.52. The molecule has 0 spiro atoms. The van der Waals surface area contributed by atoms with Gasteiger partial charge < -0.3 is 0 Å². The van der Waals surface area contributed by atoms with Gasteiger partial charge in [-0.05, 0) is 43.7 Å². The molecule has 1 saturated carbocycles. The van der Waals surface area contributed by atoms with E-state index in [1.165, 1.54) is 12.8 Å². The fourth-order valence-corrected chi connectivity index (χ4v) is 5.05.